The number of carbonyl (C=O) groups excluding carboxylic acids is 1. The SMILES string of the molecule is CCCC(CN)C(=O)NCC1CCN(CC)C1. The summed E-state index contributed by atoms with van der Waals surface area (Å²) in [5.41, 5.74) is 5.62. The highest BCUT2D eigenvalue weighted by molar-refractivity contribution is 5.78. The number of nitrogens with zero attached hydrogens (tertiary/aromatic N) is 1. The van der Waals surface area contributed by atoms with Crippen LogP contribution in [0.15, 0.2) is 0 Å². The highest BCUT2D eigenvalue weighted by Crippen LogP contribution is 2.15. The van der Waals surface area contributed by atoms with Gasteiger partial charge in [0, 0.05) is 19.6 Å². The van der Waals surface area contributed by atoms with Gasteiger partial charge in [-0.25, -0.2) is 0 Å². The van der Waals surface area contributed by atoms with Gasteiger partial charge in [-0.1, -0.05) is 20.3 Å². The van der Waals surface area contributed by atoms with Crippen molar-refractivity contribution < 1.29 is 4.79 Å². The maximum absolute atomic E-state index is 11.9. The fraction of sp³-hybridized carbons (Fsp3) is 0.923. The lowest BCUT2D eigenvalue weighted by molar-refractivity contribution is -0.125. The third kappa shape index (κ3) is 4.64. The Morgan fingerprint density at radius 1 is 1.53 bits per heavy atom. The Hall–Kier alpha value is -0.610. The van der Waals surface area contributed by atoms with Gasteiger partial charge >= 0.3 is 0 Å². The van der Waals surface area contributed by atoms with Crippen LogP contribution in [0.25, 0.3) is 0 Å². The molecule has 0 bridgehead atoms. The second-order valence-electron chi connectivity index (χ2n) is 5.01. The molecule has 4 heteroatoms. The lowest BCUT2D eigenvalue weighted by Crippen LogP contribution is -2.38. The smallest absolute Gasteiger partial charge is 0.224 e. The van der Waals surface area contributed by atoms with Gasteiger partial charge < -0.3 is 16.0 Å². The average molecular weight is 241 g/mol. The summed E-state index contributed by atoms with van der Waals surface area (Å²) in [6.45, 7) is 8.97. The van der Waals surface area contributed by atoms with E-state index in [1.54, 1.807) is 0 Å². The van der Waals surface area contributed by atoms with E-state index in [-0.39, 0.29) is 11.8 Å². The Bertz CT molecular complexity index is 233. The van der Waals surface area contributed by atoms with Crippen LogP contribution in [-0.2, 0) is 4.79 Å². The second-order valence-corrected chi connectivity index (χ2v) is 5.01. The zero-order valence-corrected chi connectivity index (χ0v) is 11.2. The van der Waals surface area contributed by atoms with Crippen LogP contribution < -0.4 is 11.1 Å². The van der Waals surface area contributed by atoms with Crippen molar-refractivity contribution in [1.29, 1.82) is 0 Å². The van der Waals surface area contributed by atoms with Gasteiger partial charge in [0.05, 0.1) is 5.92 Å². The molecular weight excluding hydrogens is 214 g/mol. The molecule has 1 aliphatic heterocycles. The molecule has 100 valence electrons. The van der Waals surface area contributed by atoms with Crippen molar-refractivity contribution in [2.45, 2.75) is 33.1 Å². The van der Waals surface area contributed by atoms with Crippen LogP contribution >= 0.6 is 0 Å². The molecule has 0 aromatic rings. The van der Waals surface area contributed by atoms with Crippen molar-refractivity contribution in [3.63, 3.8) is 0 Å². The third-order valence-electron chi connectivity index (χ3n) is 3.67. The maximum Gasteiger partial charge on any atom is 0.224 e. The zero-order chi connectivity index (χ0) is 12.7. The van der Waals surface area contributed by atoms with Gasteiger partial charge in [0.15, 0.2) is 0 Å². The monoisotopic (exact) mass is 241 g/mol. The Balaban J connectivity index is 2.23. The van der Waals surface area contributed by atoms with Crippen LogP contribution in [0.4, 0.5) is 0 Å². The minimum atomic E-state index is 0.00341. The minimum Gasteiger partial charge on any atom is -0.355 e. The number of hydrogen-bond donors (Lipinski definition) is 2. The Morgan fingerprint density at radius 3 is 2.82 bits per heavy atom. The summed E-state index contributed by atoms with van der Waals surface area (Å²) in [4.78, 5) is 14.3. The average Bonchev–Trinajstić information content (AvgIpc) is 2.81. The van der Waals surface area contributed by atoms with Crippen molar-refractivity contribution in [2.24, 2.45) is 17.6 Å². The van der Waals surface area contributed by atoms with Crippen molar-refractivity contribution in [1.82, 2.24) is 10.2 Å². The van der Waals surface area contributed by atoms with E-state index in [9.17, 15) is 4.79 Å². The molecule has 1 rings (SSSR count). The largest absolute Gasteiger partial charge is 0.355 e. The number of nitrogens with one attached hydrogen (secondary N) is 1. The first-order valence-corrected chi connectivity index (χ1v) is 6.91. The minimum absolute atomic E-state index is 0.00341. The number of nitrogens with two attached hydrogens (primary N) is 1. The molecule has 1 amide bonds. The molecule has 1 saturated heterocycles. The predicted molar refractivity (Wildman–Crippen MR) is 70.7 cm³/mol. The van der Waals surface area contributed by atoms with Gasteiger partial charge in [0.1, 0.15) is 0 Å². The Morgan fingerprint density at radius 2 is 2.29 bits per heavy atom. The van der Waals surface area contributed by atoms with Gasteiger partial charge in [-0.2, -0.15) is 0 Å². The van der Waals surface area contributed by atoms with Crippen molar-refractivity contribution in [3.05, 3.63) is 0 Å². The van der Waals surface area contributed by atoms with Gasteiger partial charge in [-0.05, 0) is 31.8 Å². The maximum atomic E-state index is 11.9. The molecule has 3 N–H and O–H groups in total. The van der Waals surface area contributed by atoms with E-state index >= 15 is 0 Å². The molecule has 1 heterocycles. The molecule has 2 atom stereocenters. The fourth-order valence-corrected chi connectivity index (χ4v) is 2.46. The molecule has 0 radical (unpaired) electrons. The number of likely N-dealkylation sites (tertiary alicyclic amines) is 1. The molecule has 4 nitrogen and oxygen atoms in total. The van der Waals surface area contributed by atoms with E-state index < -0.39 is 0 Å². The summed E-state index contributed by atoms with van der Waals surface area (Å²) >= 11 is 0. The molecule has 2 unspecified atom stereocenters. The van der Waals surface area contributed by atoms with E-state index in [0.717, 1.165) is 32.5 Å². The first-order valence-electron chi connectivity index (χ1n) is 6.91. The van der Waals surface area contributed by atoms with E-state index in [1.807, 2.05) is 0 Å². The van der Waals surface area contributed by atoms with Crippen LogP contribution in [0, 0.1) is 11.8 Å². The van der Waals surface area contributed by atoms with Crippen LogP contribution in [0.5, 0.6) is 0 Å². The Labute approximate surface area is 105 Å². The molecular formula is C13H27N3O. The molecule has 0 aliphatic carbocycles. The highest BCUT2D eigenvalue weighted by atomic mass is 16.1. The van der Waals surface area contributed by atoms with E-state index in [4.69, 9.17) is 5.73 Å². The zero-order valence-electron chi connectivity index (χ0n) is 11.2. The quantitative estimate of drug-likeness (QED) is 0.694. The normalized spacial score (nSPS) is 22.6. The standard InChI is InChI=1S/C13H27N3O/c1-3-5-12(8-14)13(17)15-9-11-6-7-16(4-2)10-11/h11-12H,3-10,14H2,1-2H3,(H,15,17). The van der Waals surface area contributed by atoms with Crippen LogP contribution in [-0.4, -0.2) is 43.5 Å². The summed E-state index contributed by atoms with van der Waals surface area (Å²) in [7, 11) is 0. The van der Waals surface area contributed by atoms with E-state index in [0.29, 0.717) is 12.5 Å². The summed E-state index contributed by atoms with van der Waals surface area (Å²) in [5.74, 6) is 0.770. The lowest BCUT2D eigenvalue weighted by Gasteiger charge is -2.17. The Kier molecular flexibility index (Phi) is 6.52. The predicted octanol–water partition coefficient (Wildman–Crippen LogP) is 0.819. The van der Waals surface area contributed by atoms with Gasteiger partial charge in [0.25, 0.3) is 0 Å². The highest BCUT2D eigenvalue weighted by Gasteiger charge is 2.22. The molecule has 1 fully saturated rings. The molecule has 0 spiro atoms. The van der Waals surface area contributed by atoms with Crippen molar-refractivity contribution in [3.8, 4) is 0 Å². The van der Waals surface area contributed by atoms with Crippen LogP contribution in [0.3, 0.4) is 0 Å². The summed E-state index contributed by atoms with van der Waals surface area (Å²) < 4.78 is 0. The second kappa shape index (κ2) is 7.67. The van der Waals surface area contributed by atoms with Gasteiger partial charge in [-0.3, -0.25) is 4.79 Å². The molecule has 1 aliphatic rings. The van der Waals surface area contributed by atoms with Crippen molar-refractivity contribution in [2.75, 3.05) is 32.7 Å². The number of hydrogen-bond acceptors (Lipinski definition) is 3. The van der Waals surface area contributed by atoms with E-state index in [2.05, 4.69) is 24.1 Å². The first-order chi connectivity index (χ1) is 8.21. The number of amides is 1. The molecule has 17 heavy (non-hydrogen) atoms. The topological polar surface area (TPSA) is 58.4 Å². The molecule has 0 saturated carbocycles. The number of carbonyl (C=O) groups is 1. The first kappa shape index (κ1) is 14.5. The summed E-state index contributed by atoms with van der Waals surface area (Å²) in [6, 6.07) is 0. The lowest BCUT2D eigenvalue weighted by atomic mass is 10.0. The van der Waals surface area contributed by atoms with Gasteiger partial charge in [-0.15, -0.1) is 0 Å². The summed E-state index contributed by atoms with van der Waals surface area (Å²) in [6.07, 6.45) is 3.12. The third-order valence-corrected chi connectivity index (χ3v) is 3.67. The van der Waals surface area contributed by atoms with Crippen LogP contribution in [0.1, 0.15) is 33.1 Å². The fourth-order valence-electron chi connectivity index (χ4n) is 2.46. The van der Waals surface area contributed by atoms with Crippen LogP contribution in [0.2, 0.25) is 0 Å². The van der Waals surface area contributed by atoms with E-state index in [1.165, 1.54) is 13.0 Å². The summed E-state index contributed by atoms with van der Waals surface area (Å²) in [5, 5.41) is 3.06. The van der Waals surface area contributed by atoms with Crippen molar-refractivity contribution >= 4 is 5.91 Å². The molecule has 0 aromatic carbocycles. The van der Waals surface area contributed by atoms with Gasteiger partial charge in [0.2, 0.25) is 5.91 Å². The molecule has 0 aromatic heterocycles. The number of rotatable bonds is 7.